The molecule has 176 valence electrons. The molecule has 0 spiro atoms. The van der Waals surface area contributed by atoms with Gasteiger partial charge >= 0.3 is 17.9 Å². The summed E-state index contributed by atoms with van der Waals surface area (Å²) in [5.74, 6) is -1.77. The quantitative estimate of drug-likeness (QED) is 0.277. The van der Waals surface area contributed by atoms with Crippen LogP contribution in [0.4, 0.5) is 0 Å². The van der Waals surface area contributed by atoms with E-state index in [0.717, 1.165) is 0 Å². The fourth-order valence-electron chi connectivity index (χ4n) is 3.39. The highest BCUT2D eigenvalue weighted by atomic mass is 35.5. The Morgan fingerprint density at radius 1 is 0.771 bits per heavy atom. The Hall–Kier alpha value is -4.43. The molecule has 0 N–H and O–H groups in total. The molecule has 4 aromatic rings. The lowest BCUT2D eigenvalue weighted by atomic mass is 10.1. The monoisotopic (exact) mass is 490 g/mol. The third-order valence-corrected chi connectivity index (χ3v) is 5.32. The number of carbonyl (C=O) groups excluding carboxylic acids is 3. The van der Waals surface area contributed by atoms with Crippen LogP contribution < -0.4 is 4.74 Å². The summed E-state index contributed by atoms with van der Waals surface area (Å²) in [5, 5.41) is 5.04. The van der Waals surface area contributed by atoms with Gasteiger partial charge in [-0.1, -0.05) is 29.8 Å². The molecule has 0 aliphatic rings. The van der Waals surface area contributed by atoms with E-state index in [4.69, 9.17) is 25.8 Å². The summed E-state index contributed by atoms with van der Waals surface area (Å²) < 4.78 is 16.6. The normalized spacial score (nSPS) is 10.5. The molecule has 1 aromatic heterocycles. The van der Waals surface area contributed by atoms with E-state index in [2.05, 4.69) is 5.10 Å². The van der Waals surface area contributed by atoms with Gasteiger partial charge in [0, 0.05) is 10.6 Å². The van der Waals surface area contributed by atoms with Crippen molar-refractivity contribution in [3.63, 3.8) is 0 Å². The van der Waals surface area contributed by atoms with Crippen LogP contribution in [-0.2, 0) is 9.47 Å². The molecule has 0 atom stereocenters. The second-order valence-electron chi connectivity index (χ2n) is 7.22. The minimum absolute atomic E-state index is 0.0471. The lowest BCUT2D eigenvalue weighted by Gasteiger charge is -2.07. The highest BCUT2D eigenvalue weighted by Crippen LogP contribution is 2.30. The molecule has 0 bridgehead atoms. The van der Waals surface area contributed by atoms with E-state index in [1.807, 2.05) is 6.07 Å². The SMILES string of the molecule is COC(=O)c1c(-c2ccc(OC(=O)c3ccc(Cl)cc3)cc2)nn(-c2ccccc2)c1C(=O)OC. The first-order chi connectivity index (χ1) is 16.9. The summed E-state index contributed by atoms with van der Waals surface area (Å²) in [6, 6.07) is 21.5. The molecule has 0 fully saturated rings. The second kappa shape index (κ2) is 10.2. The Morgan fingerprint density at radius 3 is 2.00 bits per heavy atom. The van der Waals surface area contributed by atoms with Gasteiger partial charge in [-0.25, -0.2) is 19.1 Å². The zero-order valence-electron chi connectivity index (χ0n) is 18.7. The molecular formula is C26H19ClN2O6. The van der Waals surface area contributed by atoms with Crippen molar-refractivity contribution in [2.45, 2.75) is 0 Å². The molecule has 8 nitrogen and oxygen atoms in total. The average Bonchev–Trinajstić information content (AvgIpc) is 3.30. The highest BCUT2D eigenvalue weighted by Gasteiger charge is 2.31. The number of aromatic nitrogens is 2. The minimum Gasteiger partial charge on any atom is -0.465 e. The number of halogens is 1. The van der Waals surface area contributed by atoms with Gasteiger partial charge < -0.3 is 14.2 Å². The molecule has 0 aliphatic carbocycles. The van der Waals surface area contributed by atoms with E-state index < -0.39 is 17.9 Å². The number of hydrogen-bond donors (Lipinski definition) is 0. The lowest BCUT2D eigenvalue weighted by molar-refractivity contribution is 0.0549. The first kappa shape index (κ1) is 23.7. The first-order valence-electron chi connectivity index (χ1n) is 10.4. The molecule has 1 heterocycles. The fraction of sp³-hybridized carbons (Fsp3) is 0.0769. The number of para-hydroxylation sites is 1. The van der Waals surface area contributed by atoms with Crippen LogP contribution in [0, 0.1) is 0 Å². The van der Waals surface area contributed by atoms with E-state index in [9.17, 15) is 14.4 Å². The van der Waals surface area contributed by atoms with E-state index >= 15 is 0 Å². The Labute approximate surface area is 205 Å². The summed E-state index contributed by atoms with van der Waals surface area (Å²) >= 11 is 5.86. The lowest BCUT2D eigenvalue weighted by Crippen LogP contribution is -2.15. The van der Waals surface area contributed by atoms with Crippen LogP contribution in [0.5, 0.6) is 5.75 Å². The van der Waals surface area contributed by atoms with Gasteiger partial charge in [0.05, 0.1) is 25.5 Å². The van der Waals surface area contributed by atoms with Crippen molar-refractivity contribution in [3.8, 4) is 22.7 Å². The van der Waals surface area contributed by atoms with Gasteiger partial charge in [-0.2, -0.15) is 5.10 Å². The largest absolute Gasteiger partial charge is 0.465 e. The van der Waals surface area contributed by atoms with Crippen molar-refractivity contribution in [1.29, 1.82) is 0 Å². The van der Waals surface area contributed by atoms with Crippen molar-refractivity contribution >= 4 is 29.5 Å². The third-order valence-electron chi connectivity index (χ3n) is 5.07. The minimum atomic E-state index is -0.749. The van der Waals surface area contributed by atoms with Crippen molar-refractivity contribution in [2.24, 2.45) is 0 Å². The van der Waals surface area contributed by atoms with E-state index in [1.165, 1.54) is 18.9 Å². The predicted octanol–water partition coefficient (Wildman–Crippen LogP) is 4.99. The van der Waals surface area contributed by atoms with Crippen LogP contribution in [-0.4, -0.2) is 41.9 Å². The summed E-state index contributed by atoms with van der Waals surface area (Å²) in [6.07, 6.45) is 0. The molecule has 4 rings (SSSR count). The highest BCUT2D eigenvalue weighted by molar-refractivity contribution is 6.30. The smallest absolute Gasteiger partial charge is 0.357 e. The van der Waals surface area contributed by atoms with E-state index in [1.54, 1.807) is 72.8 Å². The maximum Gasteiger partial charge on any atom is 0.357 e. The third kappa shape index (κ3) is 4.92. The van der Waals surface area contributed by atoms with Crippen LogP contribution in [0.2, 0.25) is 5.02 Å². The average molecular weight is 491 g/mol. The number of benzene rings is 3. The Balaban J connectivity index is 1.74. The number of ether oxygens (including phenoxy) is 3. The summed E-state index contributed by atoms with van der Waals surface area (Å²) in [6.45, 7) is 0. The molecular weight excluding hydrogens is 472 g/mol. The molecule has 35 heavy (non-hydrogen) atoms. The molecule has 3 aromatic carbocycles. The van der Waals surface area contributed by atoms with Crippen LogP contribution in [0.1, 0.15) is 31.2 Å². The van der Waals surface area contributed by atoms with Crippen molar-refractivity contribution < 1.29 is 28.6 Å². The van der Waals surface area contributed by atoms with Crippen molar-refractivity contribution in [1.82, 2.24) is 9.78 Å². The predicted molar refractivity (Wildman–Crippen MR) is 128 cm³/mol. The van der Waals surface area contributed by atoms with Crippen LogP contribution >= 0.6 is 11.6 Å². The van der Waals surface area contributed by atoms with Crippen LogP contribution in [0.25, 0.3) is 16.9 Å². The number of rotatable bonds is 6. The van der Waals surface area contributed by atoms with Gasteiger partial charge in [0.2, 0.25) is 0 Å². The first-order valence-corrected chi connectivity index (χ1v) is 10.7. The Bertz CT molecular complexity index is 1380. The van der Waals surface area contributed by atoms with Gasteiger partial charge in [0.1, 0.15) is 17.0 Å². The standard InChI is InChI=1S/C26H19ClN2O6/c1-33-25(31)21-22(28-29(23(21)26(32)34-2)19-6-4-3-5-7-19)16-10-14-20(15-11-16)35-24(30)17-8-12-18(27)13-9-17/h3-15H,1-2H3. The molecule has 9 heteroatoms. The summed E-state index contributed by atoms with van der Waals surface area (Å²) in [7, 11) is 2.43. The van der Waals surface area contributed by atoms with Gasteiger partial charge in [-0.15, -0.1) is 0 Å². The zero-order chi connectivity index (χ0) is 24.9. The Morgan fingerprint density at radius 2 is 1.40 bits per heavy atom. The number of methoxy groups -OCH3 is 2. The molecule has 0 amide bonds. The topological polar surface area (TPSA) is 96.7 Å². The molecule has 0 saturated carbocycles. The Kier molecular flexibility index (Phi) is 6.93. The van der Waals surface area contributed by atoms with Gasteiger partial charge in [-0.05, 0) is 60.7 Å². The van der Waals surface area contributed by atoms with Gasteiger partial charge in [-0.3, -0.25) is 0 Å². The molecule has 0 aliphatic heterocycles. The molecule has 0 radical (unpaired) electrons. The molecule has 0 unspecified atom stereocenters. The maximum atomic E-state index is 12.7. The second-order valence-corrected chi connectivity index (χ2v) is 7.66. The number of carbonyl (C=O) groups is 3. The van der Waals surface area contributed by atoms with Crippen LogP contribution in [0.15, 0.2) is 78.9 Å². The zero-order valence-corrected chi connectivity index (χ0v) is 19.5. The molecule has 0 saturated heterocycles. The summed E-state index contributed by atoms with van der Waals surface area (Å²) in [5.41, 5.74) is 1.48. The fourth-order valence-corrected chi connectivity index (χ4v) is 3.52. The van der Waals surface area contributed by atoms with Crippen molar-refractivity contribution in [3.05, 3.63) is 101 Å². The van der Waals surface area contributed by atoms with E-state index in [0.29, 0.717) is 21.8 Å². The van der Waals surface area contributed by atoms with Gasteiger partial charge in [0.15, 0.2) is 5.69 Å². The van der Waals surface area contributed by atoms with Gasteiger partial charge in [0.25, 0.3) is 0 Å². The number of hydrogen-bond acceptors (Lipinski definition) is 7. The summed E-state index contributed by atoms with van der Waals surface area (Å²) in [4.78, 5) is 37.8. The van der Waals surface area contributed by atoms with E-state index in [-0.39, 0.29) is 22.7 Å². The van der Waals surface area contributed by atoms with Crippen molar-refractivity contribution in [2.75, 3.05) is 14.2 Å². The van der Waals surface area contributed by atoms with Crippen LogP contribution in [0.3, 0.4) is 0 Å². The maximum absolute atomic E-state index is 12.7. The number of esters is 3. The number of nitrogens with zero attached hydrogens (tertiary/aromatic N) is 2.